The molecule has 0 bridgehead atoms. The maximum atomic E-state index is 12.9. The summed E-state index contributed by atoms with van der Waals surface area (Å²) in [6.45, 7) is 2.70. The van der Waals surface area contributed by atoms with E-state index in [1.807, 2.05) is 6.07 Å². The van der Waals surface area contributed by atoms with Gasteiger partial charge in [-0.05, 0) is 49.7 Å². The number of amides is 1. The Morgan fingerprint density at radius 1 is 1.20 bits per heavy atom. The number of carbonyl (C=O) groups excluding carboxylic acids is 1. The third kappa shape index (κ3) is 5.06. The van der Waals surface area contributed by atoms with Gasteiger partial charge in [0.2, 0.25) is 5.88 Å². The Bertz CT molecular complexity index is 906. The molecule has 2 fully saturated rings. The summed E-state index contributed by atoms with van der Waals surface area (Å²) in [7, 11) is 0. The lowest BCUT2D eigenvalue weighted by Gasteiger charge is -2.30. The molecule has 0 radical (unpaired) electrons. The minimum atomic E-state index is -0.471. The SMILES string of the molecule is O=C(NCc1ccc(OCC2CC2)nc1)c1cc([N+](=O)[O-])ccc1N1CCCCC1. The molecule has 8 nitrogen and oxygen atoms in total. The number of nitrogens with zero attached hydrogens (tertiary/aromatic N) is 3. The van der Waals surface area contributed by atoms with E-state index in [9.17, 15) is 14.9 Å². The predicted molar refractivity (Wildman–Crippen MR) is 113 cm³/mol. The van der Waals surface area contributed by atoms with Crippen LogP contribution in [0.4, 0.5) is 11.4 Å². The van der Waals surface area contributed by atoms with Crippen LogP contribution in [0.15, 0.2) is 36.5 Å². The standard InChI is InChI=1S/C22H26N4O4/c27-22(24-14-17-6-9-21(23-13-17)30-15-16-4-5-16)19-12-18(26(28)29)7-8-20(19)25-10-2-1-3-11-25/h6-9,12-13,16H,1-5,10-11,14-15H2,(H,24,27). The number of nitro groups is 1. The van der Waals surface area contributed by atoms with Gasteiger partial charge in [-0.15, -0.1) is 0 Å². The molecule has 0 unspecified atom stereocenters. The number of rotatable bonds is 8. The van der Waals surface area contributed by atoms with E-state index in [1.54, 1.807) is 18.3 Å². The first-order chi connectivity index (χ1) is 14.6. The highest BCUT2D eigenvalue weighted by molar-refractivity contribution is 6.00. The lowest BCUT2D eigenvalue weighted by atomic mass is 10.1. The molecule has 0 spiro atoms. The van der Waals surface area contributed by atoms with Crippen molar-refractivity contribution in [1.82, 2.24) is 10.3 Å². The van der Waals surface area contributed by atoms with Gasteiger partial charge in [-0.1, -0.05) is 6.07 Å². The third-order valence-corrected chi connectivity index (χ3v) is 5.55. The Morgan fingerprint density at radius 2 is 2.00 bits per heavy atom. The van der Waals surface area contributed by atoms with Crippen LogP contribution < -0.4 is 15.0 Å². The molecule has 1 saturated heterocycles. The van der Waals surface area contributed by atoms with E-state index in [-0.39, 0.29) is 18.1 Å². The normalized spacial score (nSPS) is 16.2. The van der Waals surface area contributed by atoms with Gasteiger partial charge >= 0.3 is 0 Å². The Balaban J connectivity index is 1.43. The minimum absolute atomic E-state index is 0.0836. The van der Waals surface area contributed by atoms with Crippen molar-refractivity contribution >= 4 is 17.3 Å². The number of carbonyl (C=O) groups is 1. The van der Waals surface area contributed by atoms with Gasteiger partial charge in [-0.3, -0.25) is 14.9 Å². The summed E-state index contributed by atoms with van der Waals surface area (Å²) in [6, 6.07) is 8.19. The molecule has 1 N–H and O–H groups in total. The van der Waals surface area contributed by atoms with Gasteiger partial charge in [0.15, 0.2) is 0 Å². The molecule has 2 aromatic rings. The van der Waals surface area contributed by atoms with Crippen LogP contribution in [-0.4, -0.2) is 35.5 Å². The highest BCUT2D eigenvalue weighted by atomic mass is 16.6. The Kier molecular flexibility index (Phi) is 6.11. The van der Waals surface area contributed by atoms with Gasteiger partial charge in [0.05, 0.1) is 22.8 Å². The lowest BCUT2D eigenvalue weighted by molar-refractivity contribution is -0.384. The first kappa shape index (κ1) is 20.1. The highest BCUT2D eigenvalue weighted by Crippen LogP contribution is 2.29. The molecule has 8 heteroatoms. The third-order valence-electron chi connectivity index (χ3n) is 5.55. The Morgan fingerprint density at radius 3 is 2.67 bits per heavy atom. The number of benzene rings is 1. The van der Waals surface area contributed by atoms with Crippen LogP contribution in [0.5, 0.6) is 5.88 Å². The summed E-state index contributed by atoms with van der Waals surface area (Å²) >= 11 is 0. The van der Waals surface area contributed by atoms with Gasteiger partial charge in [0, 0.05) is 44.0 Å². The highest BCUT2D eigenvalue weighted by Gasteiger charge is 2.23. The van der Waals surface area contributed by atoms with Crippen LogP contribution in [-0.2, 0) is 6.54 Å². The van der Waals surface area contributed by atoms with E-state index >= 15 is 0 Å². The zero-order valence-corrected chi connectivity index (χ0v) is 16.9. The van der Waals surface area contributed by atoms with Crippen molar-refractivity contribution in [2.24, 2.45) is 5.92 Å². The van der Waals surface area contributed by atoms with Crippen LogP contribution in [0.3, 0.4) is 0 Å². The zero-order chi connectivity index (χ0) is 20.9. The molecule has 1 aliphatic heterocycles. The second-order valence-corrected chi connectivity index (χ2v) is 7.95. The van der Waals surface area contributed by atoms with E-state index < -0.39 is 4.92 Å². The average Bonchev–Trinajstić information content (AvgIpc) is 3.61. The van der Waals surface area contributed by atoms with Crippen molar-refractivity contribution in [2.45, 2.75) is 38.6 Å². The number of piperidine rings is 1. The summed E-state index contributed by atoms with van der Waals surface area (Å²) in [5.41, 5.74) is 1.84. The predicted octanol–water partition coefficient (Wildman–Crippen LogP) is 3.70. The number of nitrogens with one attached hydrogen (secondary N) is 1. The van der Waals surface area contributed by atoms with Crippen molar-refractivity contribution in [3.8, 4) is 5.88 Å². The van der Waals surface area contributed by atoms with E-state index in [0.29, 0.717) is 24.0 Å². The number of hydrogen-bond donors (Lipinski definition) is 1. The summed E-state index contributed by atoms with van der Waals surface area (Å²) in [5.74, 6) is 0.922. The maximum absolute atomic E-state index is 12.9. The maximum Gasteiger partial charge on any atom is 0.270 e. The Labute approximate surface area is 175 Å². The molecule has 1 amide bonds. The average molecular weight is 410 g/mol. The van der Waals surface area contributed by atoms with Crippen molar-refractivity contribution in [3.63, 3.8) is 0 Å². The summed E-state index contributed by atoms with van der Waals surface area (Å²) in [4.78, 5) is 30.1. The number of ether oxygens (including phenoxy) is 1. The van der Waals surface area contributed by atoms with Crippen LogP contribution in [0, 0.1) is 16.0 Å². The van der Waals surface area contributed by atoms with E-state index in [1.165, 1.54) is 31.4 Å². The molecular formula is C22H26N4O4. The van der Waals surface area contributed by atoms with Crippen molar-refractivity contribution in [3.05, 3.63) is 57.8 Å². The first-order valence-electron chi connectivity index (χ1n) is 10.5. The smallest absolute Gasteiger partial charge is 0.270 e. The largest absolute Gasteiger partial charge is 0.477 e. The number of pyridine rings is 1. The zero-order valence-electron chi connectivity index (χ0n) is 16.9. The molecule has 158 valence electrons. The fourth-order valence-corrected chi connectivity index (χ4v) is 3.60. The topological polar surface area (TPSA) is 97.6 Å². The van der Waals surface area contributed by atoms with E-state index in [2.05, 4.69) is 15.2 Å². The van der Waals surface area contributed by atoms with Gasteiger partial charge < -0.3 is 15.0 Å². The monoisotopic (exact) mass is 410 g/mol. The lowest BCUT2D eigenvalue weighted by Crippen LogP contribution is -2.32. The summed E-state index contributed by atoms with van der Waals surface area (Å²) < 4.78 is 5.63. The van der Waals surface area contributed by atoms with E-state index in [4.69, 9.17) is 4.74 Å². The Hall–Kier alpha value is -3.16. The second-order valence-electron chi connectivity index (χ2n) is 7.95. The molecule has 1 aromatic heterocycles. The van der Waals surface area contributed by atoms with Crippen molar-refractivity contribution in [2.75, 3.05) is 24.6 Å². The molecule has 2 aliphatic rings. The van der Waals surface area contributed by atoms with Crippen LogP contribution in [0.2, 0.25) is 0 Å². The van der Waals surface area contributed by atoms with Gasteiger partial charge in [-0.2, -0.15) is 0 Å². The van der Waals surface area contributed by atoms with Gasteiger partial charge in [-0.25, -0.2) is 4.98 Å². The molecule has 1 aliphatic carbocycles. The first-order valence-corrected chi connectivity index (χ1v) is 10.5. The molecule has 4 rings (SSSR count). The van der Waals surface area contributed by atoms with Crippen LogP contribution in [0.1, 0.15) is 48.0 Å². The molecule has 0 atom stereocenters. The molecular weight excluding hydrogens is 384 g/mol. The number of aromatic nitrogens is 1. The molecule has 1 saturated carbocycles. The van der Waals surface area contributed by atoms with E-state index in [0.717, 1.165) is 37.2 Å². The second kappa shape index (κ2) is 9.11. The van der Waals surface area contributed by atoms with Gasteiger partial charge in [0.25, 0.3) is 11.6 Å². The van der Waals surface area contributed by atoms with Crippen LogP contribution >= 0.6 is 0 Å². The fourth-order valence-electron chi connectivity index (χ4n) is 3.60. The number of nitro benzene ring substituents is 1. The van der Waals surface area contributed by atoms with Crippen molar-refractivity contribution in [1.29, 1.82) is 0 Å². The van der Waals surface area contributed by atoms with Crippen molar-refractivity contribution < 1.29 is 14.5 Å². The minimum Gasteiger partial charge on any atom is -0.477 e. The quantitative estimate of drug-likeness (QED) is 0.526. The van der Waals surface area contributed by atoms with Crippen LogP contribution in [0.25, 0.3) is 0 Å². The summed E-state index contributed by atoms with van der Waals surface area (Å²) in [5, 5.41) is 14.1. The molecule has 1 aromatic carbocycles. The molecule has 30 heavy (non-hydrogen) atoms. The fraction of sp³-hybridized carbons (Fsp3) is 0.455. The van der Waals surface area contributed by atoms with Gasteiger partial charge in [0.1, 0.15) is 0 Å². The number of hydrogen-bond acceptors (Lipinski definition) is 6. The number of non-ortho nitro benzene ring substituents is 1. The summed E-state index contributed by atoms with van der Waals surface area (Å²) in [6.07, 6.45) is 7.40. The molecule has 2 heterocycles. The number of anilines is 1.